The van der Waals surface area contributed by atoms with Crippen molar-refractivity contribution >= 4 is 24.2 Å². The van der Waals surface area contributed by atoms with Crippen molar-refractivity contribution in [1.29, 1.82) is 0 Å². The normalized spacial score (nSPS) is 21.5. The number of nitrogens with one attached hydrogen (secondary N) is 2. The fourth-order valence-corrected chi connectivity index (χ4v) is 4.19. The number of piperidine rings is 2. The molecule has 2 saturated heterocycles. The number of rotatable bonds is 6. The number of hydrogen-bond acceptors (Lipinski definition) is 4. The molecule has 156 valence electrons. The third-order valence-corrected chi connectivity index (χ3v) is 5.85. The van der Waals surface area contributed by atoms with Gasteiger partial charge in [0.1, 0.15) is 0 Å². The van der Waals surface area contributed by atoms with Crippen LogP contribution in [-0.4, -0.2) is 63.2 Å². The van der Waals surface area contributed by atoms with Crippen molar-refractivity contribution in [3.63, 3.8) is 0 Å². The lowest BCUT2D eigenvalue weighted by Gasteiger charge is -2.38. The van der Waals surface area contributed by atoms with Gasteiger partial charge in [-0.3, -0.25) is 9.59 Å². The Labute approximate surface area is 173 Å². The number of hydrogen-bond donors (Lipinski definition) is 2. The molecule has 0 aliphatic carbocycles. The van der Waals surface area contributed by atoms with E-state index in [4.69, 9.17) is 4.74 Å². The molecule has 1 aromatic carbocycles. The van der Waals surface area contributed by atoms with E-state index in [0.29, 0.717) is 25.3 Å². The first-order valence-corrected chi connectivity index (χ1v) is 9.95. The first-order valence-electron chi connectivity index (χ1n) is 9.95. The standard InChI is InChI=1S/C21H31N3O3.ClH/c1-27-16-21(9-11-22-12-10-21)15-23-19(25)18-8-5-13-24(14-18)20(26)17-6-3-2-4-7-17;/h2-4,6-7,18,22H,5,8-16H2,1H3,(H,23,25);1H. The van der Waals surface area contributed by atoms with Crippen LogP contribution in [0.15, 0.2) is 30.3 Å². The molecule has 2 heterocycles. The Bertz CT molecular complexity index is 630. The molecule has 1 atom stereocenters. The summed E-state index contributed by atoms with van der Waals surface area (Å²) in [6, 6.07) is 9.31. The number of halogens is 1. The minimum Gasteiger partial charge on any atom is -0.384 e. The van der Waals surface area contributed by atoms with E-state index in [9.17, 15) is 9.59 Å². The molecule has 3 rings (SSSR count). The van der Waals surface area contributed by atoms with Crippen molar-refractivity contribution in [3.8, 4) is 0 Å². The number of benzene rings is 1. The number of ether oxygens (including phenoxy) is 1. The van der Waals surface area contributed by atoms with Crippen molar-refractivity contribution in [2.24, 2.45) is 11.3 Å². The van der Waals surface area contributed by atoms with Gasteiger partial charge in [-0.15, -0.1) is 12.4 Å². The van der Waals surface area contributed by atoms with Gasteiger partial charge in [0, 0.05) is 37.7 Å². The minimum atomic E-state index is -0.132. The summed E-state index contributed by atoms with van der Waals surface area (Å²) in [5.41, 5.74) is 0.705. The Morgan fingerprint density at radius 2 is 1.96 bits per heavy atom. The van der Waals surface area contributed by atoms with E-state index < -0.39 is 0 Å². The summed E-state index contributed by atoms with van der Waals surface area (Å²) in [6.07, 6.45) is 3.71. The summed E-state index contributed by atoms with van der Waals surface area (Å²) >= 11 is 0. The summed E-state index contributed by atoms with van der Waals surface area (Å²) in [5, 5.41) is 6.53. The van der Waals surface area contributed by atoms with Gasteiger partial charge >= 0.3 is 0 Å². The largest absolute Gasteiger partial charge is 0.384 e. The van der Waals surface area contributed by atoms with Crippen molar-refractivity contribution < 1.29 is 14.3 Å². The van der Waals surface area contributed by atoms with Gasteiger partial charge < -0.3 is 20.3 Å². The van der Waals surface area contributed by atoms with Gasteiger partial charge in [0.2, 0.25) is 5.91 Å². The highest BCUT2D eigenvalue weighted by Gasteiger charge is 2.34. The summed E-state index contributed by atoms with van der Waals surface area (Å²) in [5.74, 6) is -0.0513. The number of amides is 2. The number of carbonyl (C=O) groups excluding carboxylic acids is 2. The molecule has 1 aromatic rings. The Hall–Kier alpha value is -1.63. The van der Waals surface area contributed by atoms with Crippen LogP contribution in [0.4, 0.5) is 0 Å². The Kier molecular flexibility index (Phi) is 8.73. The third-order valence-electron chi connectivity index (χ3n) is 5.85. The van der Waals surface area contributed by atoms with Crippen LogP contribution in [0.3, 0.4) is 0 Å². The predicted octanol–water partition coefficient (Wildman–Crippen LogP) is 2.09. The molecule has 0 radical (unpaired) electrons. The van der Waals surface area contributed by atoms with Crippen LogP contribution in [0.25, 0.3) is 0 Å². The van der Waals surface area contributed by atoms with Crippen LogP contribution >= 0.6 is 12.4 Å². The lowest BCUT2D eigenvalue weighted by atomic mass is 9.79. The van der Waals surface area contributed by atoms with Gasteiger partial charge in [-0.2, -0.15) is 0 Å². The molecule has 0 aromatic heterocycles. The Morgan fingerprint density at radius 3 is 2.64 bits per heavy atom. The number of methoxy groups -OCH3 is 1. The van der Waals surface area contributed by atoms with Gasteiger partial charge in [-0.1, -0.05) is 18.2 Å². The van der Waals surface area contributed by atoms with E-state index in [2.05, 4.69) is 10.6 Å². The van der Waals surface area contributed by atoms with E-state index in [1.165, 1.54) is 0 Å². The van der Waals surface area contributed by atoms with Gasteiger partial charge in [0.15, 0.2) is 0 Å². The molecular formula is C21H32ClN3O3. The minimum absolute atomic E-state index is 0. The van der Waals surface area contributed by atoms with Crippen LogP contribution in [0.2, 0.25) is 0 Å². The van der Waals surface area contributed by atoms with Gasteiger partial charge in [-0.05, 0) is 50.9 Å². The number of carbonyl (C=O) groups is 2. The van der Waals surface area contributed by atoms with Gasteiger partial charge in [-0.25, -0.2) is 0 Å². The monoisotopic (exact) mass is 409 g/mol. The fraction of sp³-hybridized carbons (Fsp3) is 0.619. The average molecular weight is 410 g/mol. The predicted molar refractivity (Wildman–Crippen MR) is 112 cm³/mol. The molecule has 1 unspecified atom stereocenters. The molecule has 2 aliphatic heterocycles. The smallest absolute Gasteiger partial charge is 0.253 e. The Morgan fingerprint density at radius 1 is 1.25 bits per heavy atom. The van der Waals surface area contributed by atoms with Crippen molar-refractivity contribution in [2.45, 2.75) is 25.7 Å². The second kappa shape index (κ2) is 10.8. The van der Waals surface area contributed by atoms with Crippen molar-refractivity contribution in [3.05, 3.63) is 35.9 Å². The molecule has 0 spiro atoms. The molecule has 0 bridgehead atoms. The molecule has 2 amide bonds. The molecule has 0 saturated carbocycles. The first-order chi connectivity index (χ1) is 13.1. The average Bonchev–Trinajstić information content (AvgIpc) is 2.73. The maximum absolute atomic E-state index is 12.8. The number of nitrogens with zero attached hydrogens (tertiary/aromatic N) is 1. The maximum Gasteiger partial charge on any atom is 0.253 e. The molecular weight excluding hydrogens is 378 g/mol. The highest BCUT2D eigenvalue weighted by atomic mass is 35.5. The Balaban J connectivity index is 0.00000280. The first kappa shape index (κ1) is 22.7. The zero-order valence-electron chi connectivity index (χ0n) is 16.6. The topological polar surface area (TPSA) is 70.7 Å². The highest BCUT2D eigenvalue weighted by molar-refractivity contribution is 5.94. The molecule has 2 fully saturated rings. The quantitative estimate of drug-likeness (QED) is 0.754. The summed E-state index contributed by atoms with van der Waals surface area (Å²) in [7, 11) is 1.72. The van der Waals surface area contributed by atoms with Crippen molar-refractivity contribution in [1.82, 2.24) is 15.5 Å². The van der Waals surface area contributed by atoms with Crippen LogP contribution in [0.1, 0.15) is 36.0 Å². The lowest BCUT2D eigenvalue weighted by molar-refractivity contribution is -0.127. The van der Waals surface area contributed by atoms with E-state index in [0.717, 1.165) is 45.3 Å². The summed E-state index contributed by atoms with van der Waals surface area (Å²) in [4.78, 5) is 27.3. The van der Waals surface area contributed by atoms with Crippen LogP contribution in [0.5, 0.6) is 0 Å². The molecule has 2 N–H and O–H groups in total. The molecule has 7 heteroatoms. The summed E-state index contributed by atoms with van der Waals surface area (Å²) < 4.78 is 5.43. The van der Waals surface area contributed by atoms with E-state index in [-0.39, 0.29) is 35.6 Å². The highest BCUT2D eigenvalue weighted by Crippen LogP contribution is 2.28. The zero-order valence-corrected chi connectivity index (χ0v) is 17.4. The second-order valence-corrected chi connectivity index (χ2v) is 7.86. The van der Waals surface area contributed by atoms with Crippen LogP contribution in [0, 0.1) is 11.3 Å². The SMILES string of the molecule is COCC1(CNC(=O)C2CCCN(C(=O)c3ccccc3)C2)CCNCC1.Cl. The number of likely N-dealkylation sites (tertiary alicyclic amines) is 1. The second-order valence-electron chi connectivity index (χ2n) is 7.86. The van der Waals surface area contributed by atoms with Crippen LogP contribution < -0.4 is 10.6 Å². The summed E-state index contributed by atoms with van der Waals surface area (Å²) in [6.45, 7) is 4.45. The molecule has 28 heavy (non-hydrogen) atoms. The lowest BCUT2D eigenvalue weighted by Crippen LogP contribution is -2.50. The third kappa shape index (κ3) is 5.69. The van der Waals surface area contributed by atoms with Gasteiger partial charge in [0.05, 0.1) is 12.5 Å². The van der Waals surface area contributed by atoms with E-state index in [1.807, 2.05) is 35.2 Å². The fourth-order valence-electron chi connectivity index (χ4n) is 4.19. The van der Waals surface area contributed by atoms with Crippen LogP contribution in [-0.2, 0) is 9.53 Å². The zero-order chi connectivity index (χ0) is 19.1. The van der Waals surface area contributed by atoms with E-state index in [1.54, 1.807) is 7.11 Å². The van der Waals surface area contributed by atoms with Crippen molar-refractivity contribution in [2.75, 3.05) is 46.4 Å². The molecule has 2 aliphatic rings. The maximum atomic E-state index is 12.8. The van der Waals surface area contributed by atoms with E-state index >= 15 is 0 Å². The molecule has 6 nitrogen and oxygen atoms in total. The van der Waals surface area contributed by atoms with Gasteiger partial charge in [0.25, 0.3) is 5.91 Å².